The van der Waals surface area contributed by atoms with E-state index in [1.807, 2.05) is 12.1 Å². The van der Waals surface area contributed by atoms with E-state index in [2.05, 4.69) is 25.4 Å². The molecule has 1 aliphatic heterocycles. The second-order valence-electron chi connectivity index (χ2n) is 6.12. The van der Waals surface area contributed by atoms with E-state index in [0.29, 0.717) is 29.0 Å². The molecule has 2 heterocycles. The van der Waals surface area contributed by atoms with Gasteiger partial charge in [-0.05, 0) is 31.0 Å². The third-order valence-corrected chi connectivity index (χ3v) is 4.74. The molecule has 0 bridgehead atoms. The van der Waals surface area contributed by atoms with Crippen LogP contribution in [-0.2, 0) is 6.54 Å². The van der Waals surface area contributed by atoms with Gasteiger partial charge in [-0.15, -0.1) is 0 Å². The van der Waals surface area contributed by atoms with Crippen LogP contribution in [0.4, 0.5) is 10.5 Å². The van der Waals surface area contributed by atoms with Crippen LogP contribution in [0.25, 0.3) is 0 Å². The summed E-state index contributed by atoms with van der Waals surface area (Å²) >= 11 is 12.3. The minimum absolute atomic E-state index is 0.0603. The molecule has 0 aliphatic carbocycles. The number of aromatic amines is 1. The molecule has 1 aromatic heterocycles. The number of aromatic nitrogens is 3. The van der Waals surface area contributed by atoms with Crippen LogP contribution in [-0.4, -0.2) is 52.3 Å². The number of amides is 2. The van der Waals surface area contributed by atoms with Crippen molar-refractivity contribution in [2.24, 2.45) is 0 Å². The van der Waals surface area contributed by atoms with Gasteiger partial charge in [-0.3, -0.25) is 5.10 Å². The van der Waals surface area contributed by atoms with Crippen molar-refractivity contribution in [3.8, 4) is 0 Å². The average Bonchev–Trinajstić information content (AvgIpc) is 3.08. The van der Waals surface area contributed by atoms with E-state index < -0.39 is 0 Å². The number of piperidine rings is 1. The molecule has 2 amide bonds. The maximum absolute atomic E-state index is 12.4. The van der Waals surface area contributed by atoms with Gasteiger partial charge in [0.2, 0.25) is 0 Å². The summed E-state index contributed by atoms with van der Waals surface area (Å²) in [5, 5.41) is 10.9. The fourth-order valence-corrected chi connectivity index (χ4v) is 3.47. The minimum atomic E-state index is -0.134. The monoisotopic (exact) mass is 382 g/mol. The molecule has 1 fully saturated rings. The average molecular weight is 383 g/mol. The van der Waals surface area contributed by atoms with Crippen molar-refractivity contribution < 1.29 is 4.79 Å². The number of nitrogens with one attached hydrogen (secondary N) is 2. The first kappa shape index (κ1) is 17.8. The molecular formula is C16H20Cl2N6O. The molecule has 25 heavy (non-hydrogen) atoms. The van der Waals surface area contributed by atoms with Crippen molar-refractivity contribution in [2.75, 3.05) is 25.0 Å². The van der Waals surface area contributed by atoms with Crippen LogP contribution in [0.15, 0.2) is 24.5 Å². The van der Waals surface area contributed by atoms with Crippen molar-refractivity contribution in [1.82, 2.24) is 25.4 Å². The van der Waals surface area contributed by atoms with Gasteiger partial charge in [-0.1, -0.05) is 23.2 Å². The molecular weight excluding hydrogens is 363 g/mol. The number of halogens is 2. The molecule has 1 aliphatic rings. The lowest BCUT2D eigenvalue weighted by atomic mass is 10.0. The Labute approximate surface area is 156 Å². The molecule has 9 heteroatoms. The summed E-state index contributed by atoms with van der Waals surface area (Å²) in [5.74, 6) is 0.649. The number of hydrogen-bond donors (Lipinski definition) is 2. The maximum atomic E-state index is 12.4. The van der Waals surface area contributed by atoms with Crippen LogP contribution in [0, 0.1) is 0 Å². The Morgan fingerprint density at radius 1 is 1.48 bits per heavy atom. The molecule has 3 rings (SSSR count). The topological polar surface area (TPSA) is 77.1 Å². The zero-order chi connectivity index (χ0) is 17.8. The molecule has 1 aromatic carbocycles. The maximum Gasteiger partial charge on any atom is 0.317 e. The zero-order valence-corrected chi connectivity index (χ0v) is 15.4. The number of benzene rings is 1. The molecule has 7 nitrogen and oxygen atoms in total. The van der Waals surface area contributed by atoms with Gasteiger partial charge in [0.05, 0.1) is 17.3 Å². The van der Waals surface area contributed by atoms with E-state index in [-0.39, 0.29) is 12.1 Å². The van der Waals surface area contributed by atoms with Gasteiger partial charge in [0.15, 0.2) is 0 Å². The fraction of sp³-hybridized carbons (Fsp3) is 0.438. The summed E-state index contributed by atoms with van der Waals surface area (Å²) in [4.78, 5) is 20.2. The van der Waals surface area contributed by atoms with Crippen molar-refractivity contribution in [2.45, 2.75) is 25.4 Å². The Bertz CT molecular complexity index is 723. The number of carbonyl (C=O) groups excluding carboxylic acids is 1. The number of nitrogens with zero attached hydrogens (tertiary/aromatic N) is 4. The number of carbonyl (C=O) groups is 1. The first-order chi connectivity index (χ1) is 12.0. The van der Waals surface area contributed by atoms with Crippen molar-refractivity contribution in [3.63, 3.8) is 0 Å². The molecule has 2 aromatic rings. The predicted octanol–water partition coefficient (Wildman–Crippen LogP) is 2.92. The highest BCUT2D eigenvalue weighted by atomic mass is 35.5. The van der Waals surface area contributed by atoms with Gasteiger partial charge >= 0.3 is 6.03 Å². The van der Waals surface area contributed by atoms with E-state index in [9.17, 15) is 4.79 Å². The number of H-pyrrole nitrogens is 1. The van der Waals surface area contributed by atoms with Crippen LogP contribution in [0.2, 0.25) is 10.0 Å². The SMILES string of the molecule is CN(Cc1ncn[nH]1)C(=O)NC1CCCN(c2ccc(Cl)cc2Cl)C1. The standard InChI is InChI=1S/C16H20Cl2N6O/c1-23(9-15-19-10-20-22-15)16(25)21-12-3-2-6-24(8-12)14-5-4-11(17)7-13(14)18/h4-5,7,10,12H,2-3,6,8-9H2,1H3,(H,21,25)(H,19,20,22). The van der Waals surface area contributed by atoms with Crippen LogP contribution in [0.1, 0.15) is 18.7 Å². The molecule has 1 unspecified atom stereocenters. The van der Waals surface area contributed by atoms with E-state index in [0.717, 1.165) is 25.1 Å². The highest BCUT2D eigenvalue weighted by Crippen LogP contribution is 2.30. The summed E-state index contributed by atoms with van der Waals surface area (Å²) in [7, 11) is 1.73. The number of anilines is 1. The van der Waals surface area contributed by atoms with Crippen molar-refractivity contribution in [1.29, 1.82) is 0 Å². The molecule has 1 atom stereocenters. The van der Waals surface area contributed by atoms with Crippen LogP contribution >= 0.6 is 23.2 Å². The van der Waals surface area contributed by atoms with E-state index in [1.54, 1.807) is 18.0 Å². The molecule has 2 N–H and O–H groups in total. The molecule has 134 valence electrons. The van der Waals surface area contributed by atoms with Gasteiger partial charge in [0, 0.05) is 31.2 Å². The lowest BCUT2D eigenvalue weighted by Gasteiger charge is -2.35. The second kappa shape index (κ2) is 7.93. The first-order valence-electron chi connectivity index (χ1n) is 8.09. The normalized spacial score (nSPS) is 17.4. The lowest BCUT2D eigenvalue weighted by molar-refractivity contribution is 0.199. The summed E-state index contributed by atoms with van der Waals surface area (Å²) in [5.41, 5.74) is 0.944. The Hall–Kier alpha value is -1.99. The summed E-state index contributed by atoms with van der Waals surface area (Å²) < 4.78 is 0. The minimum Gasteiger partial charge on any atom is -0.368 e. The first-order valence-corrected chi connectivity index (χ1v) is 8.84. The van der Waals surface area contributed by atoms with Crippen LogP contribution in [0.5, 0.6) is 0 Å². The predicted molar refractivity (Wildman–Crippen MR) is 98.1 cm³/mol. The summed E-state index contributed by atoms with van der Waals surface area (Å²) in [6, 6.07) is 5.42. The summed E-state index contributed by atoms with van der Waals surface area (Å²) in [6.07, 6.45) is 3.34. The highest BCUT2D eigenvalue weighted by molar-refractivity contribution is 6.36. The van der Waals surface area contributed by atoms with Gasteiger partial charge in [-0.25, -0.2) is 9.78 Å². The Kier molecular flexibility index (Phi) is 5.65. The zero-order valence-electron chi connectivity index (χ0n) is 13.9. The third-order valence-electron chi connectivity index (χ3n) is 4.20. The Morgan fingerprint density at radius 2 is 2.32 bits per heavy atom. The van der Waals surface area contributed by atoms with E-state index in [1.165, 1.54) is 6.33 Å². The number of hydrogen-bond acceptors (Lipinski definition) is 4. The Balaban J connectivity index is 1.58. The van der Waals surface area contributed by atoms with Gasteiger partial charge in [-0.2, -0.15) is 5.10 Å². The molecule has 0 spiro atoms. The largest absolute Gasteiger partial charge is 0.368 e. The van der Waals surface area contributed by atoms with Crippen LogP contribution in [0.3, 0.4) is 0 Å². The third kappa shape index (κ3) is 4.55. The van der Waals surface area contributed by atoms with Crippen LogP contribution < -0.4 is 10.2 Å². The highest BCUT2D eigenvalue weighted by Gasteiger charge is 2.24. The van der Waals surface area contributed by atoms with Gasteiger partial charge in [0.1, 0.15) is 12.2 Å². The smallest absolute Gasteiger partial charge is 0.317 e. The van der Waals surface area contributed by atoms with Crippen molar-refractivity contribution in [3.05, 3.63) is 40.4 Å². The lowest BCUT2D eigenvalue weighted by Crippen LogP contribution is -2.50. The van der Waals surface area contributed by atoms with Gasteiger partial charge < -0.3 is 15.1 Å². The van der Waals surface area contributed by atoms with E-state index >= 15 is 0 Å². The number of urea groups is 1. The molecule has 0 radical (unpaired) electrons. The van der Waals surface area contributed by atoms with Crippen molar-refractivity contribution >= 4 is 34.9 Å². The second-order valence-corrected chi connectivity index (χ2v) is 6.96. The number of rotatable bonds is 4. The quantitative estimate of drug-likeness (QED) is 0.851. The molecule has 0 saturated carbocycles. The Morgan fingerprint density at radius 3 is 3.04 bits per heavy atom. The van der Waals surface area contributed by atoms with E-state index in [4.69, 9.17) is 23.2 Å². The molecule has 1 saturated heterocycles. The van der Waals surface area contributed by atoms with Gasteiger partial charge in [0.25, 0.3) is 0 Å². The fourth-order valence-electron chi connectivity index (χ4n) is 2.94. The summed E-state index contributed by atoms with van der Waals surface area (Å²) in [6.45, 7) is 2.00.